The average molecular weight is 961 g/mol. The molecule has 2 unspecified atom stereocenters. The second-order valence-corrected chi connectivity index (χ2v) is 18.2. The van der Waals surface area contributed by atoms with E-state index in [1.54, 1.807) is 47.7 Å². The van der Waals surface area contributed by atoms with Crippen LogP contribution in [0.25, 0.3) is 43.9 Å². The molecule has 0 radical (unpaired) electrons. The molecule has 4 aromatic carbocycles. The Morgan fingerprint density at radius 1 is 0.681 bits per heavy atom. The number of likely N-dealkylation sites (N-methyl/N-ethyl adjacent to an activating group) is 1. The molecule has 0 fully saturated rings. The molecule has 0 saturated heterocycles. The predicted molar refractivity (Wildman–Crippen MR) is 270 cm³/mol. The maximum atomic E-state index is 15.0. The Bertz CT molecular complexity index is 3770. The smallest absolute Gasteiger partial charge is 0.290 e. The second kappa shape index (κ2) is 18.0. The van der Waals surface area contributed by atoms with Gasteiger partial charge < -0.3 is 54.4 Å². The van der Waals surface area contributed by atoms with E-state index in [9.17, 15) is 14.4 Å². The Balaban J connectivity index is 0.840. The fourth-order valence-corrected chi connectivity index (χ4v) is 10.4. The summed E-state index contributed by atoms with van der Waals surface area (Å²) in [7, 11) is 3.53. The van der Waals surface area contributed by atoms with Crippen molar-refractivity contribution in [1.29, 1.82) is 0 Å². The third kappa shape index (κ3) is 7.82. The molecule has 12 rings (SSSR count). The maximum Gasteiger partial charge on any atom is 0.290 e. The van der Waals surface area contributed by atoms with Crippen molar-refractivity contribution in [2.24, 2.45) is 7.05 Å². The lowest BCUT2D eigenvalue weighted by molar-refractivity contribution is -0.126. The van der Waals surface area contributed by atoms with Gasteiger partial charge in [-0.3, -0.25) is 29.1 Å². The third-order valence-corrected chi connectivity index (χ3v) is 14.1. The molecule has 72 heavy (non-hydrogen) atoms. The van der Waals surface area contributed by atoms with Crippen molar-refractivity contribution < 1.29 is 28.0 Å². The summed E-state index contributed by atoms with van der Waals surface area (Å²) in [5.74, 6) is -1.17. The van der Waals surface area contributed by atoms with Gasteiger partial charge in [-0.1, -0.05) is 36.4 Å². The minimum atomic E-state index is -0.942. The van der Waals surface area contributed by atoms with Crippen LogP contribution in [-0.2, 0) is 62.2 Å². The Hall–Kier alpha value is -9.19. The summed E-state index contributed by atoms with van der Waals surface area (Å²) >= 11 is 0. The fourth-order valence-electron chi connectivity index (χ4n) is 10.4. The molecule has 4 amide bonds. The van der Waals surface area contributed by atoms with E-state index >= 15 is 4.79 Å². The normalized spacial score (nSPS) is 15.5. The zero-order valence-electron chi connectivity index (χ0n) is 39.3. The highest BCUT2D eigenvalue weighted by atomic mass is 16.4. The maximum absolute atomic E-state index is 15.0. The van der Waals surface area contributed by atoms with Gasteiger partial charge in [-0.05, 0) is 71.8 Å². The monoisotopic (exact) mass is 960 g/mol. The van der Waals surface area contributed by atoms with E-state index in [2.05, 4.69) is 50.8 Å². The van der Waals surface area contributed by atoms with E-state index < -0.39 is 29.8 Å². The fraction of sp³-hybridized carbons (Fsp3) is 0.204. The average Bonchev–Trinajstić information content (AvgIpc) is 4.28. The molecule has 10 aromatic rings. The first kappa shape index (κ1) is 44.0. The van der Waals surface area contributed by atoms with Crippen molar-refractivity contribution in [3.05, 3.63) is 173 Å². The van der Waals surface area contributed by atoms with Crippen molar-refractivity contribution in [1.82, 2.24) is 49.9 Å². The van der Waals surface area contributed by atoms with Gasteiger partial charge in [-0.15, -0.1) is 0 Å². The molecule has 0 bridgehead atoms. The van der Waals surface area contributed by atoms with Gasteiger partial charge in [-0.25, -0.2) is 4.98 Å². The van der Waals surface area contributed by atoms with Crippen LogP contribution in [0.3, 0.4) is 0 Å². The van der Waals surface area contributed by atoms with Crippen molar-refractivity contribution in [2.45, 2.75) is 57.6 Å². The number of carbonyl (C=O) groups is 4. The number of hydrogen-bond donors (Lipinski definition) is 6. The Morgan fingerprint density at radius 2 is 1.39 bits per heavy atom. The number of imidazole rings is 1. The molecule has 8 heterocycles. The van der Waals surface area contributed by atoms with E-state index in [0.717, 1.165) is 72.2 Å². The zero-order chi connectivity index (χ0) is 49.0. The number of nitrogens with one attached hydrogen (secondary N) is 6. The van der Waals surface area contributed by atoms with Crippen LogP contribution >= 0.6 is 0 Å². The summed E-state index contributed by atoms with van der Waals surface area (Å²) in [6.45, 7) is 0.633. The number of amides is 4. The van der Waals surface area contributed by atoms with Crippen molar-refractivity contribution in [3.63, 3.8) is 0 Å². The van der Waals surface area contributed by atoms with E-state index in [4.69, 9.17) is 8.83 Å². The molecule has 2 aliphatic rings. The van der Waals surface area contributed by atoms with Gasteiger partial charge >= 0.3 is 0 Å². The van der Waals surface area contributed by atoms with Gasteiger partial charge in [0.15, 0.2) is 11.5 Å². The molecule has 18 nitrogen and oxygen atoms in total. The number of carbonyl (C=O) groups excluding carboxylic acids is 4. The van der Waals surface area contributed by atoms with Gasteiger partial charge in [0.1, 0.15) is 17.8 Å². The molecular weight excluding hydrogens is 913 g/mol. The van der Waals surface area contributed by atoms with Crippen LogP contribution in [0.1, 0.15) is 60.5 Å². The van der Waals surface area contributed by atoms with Crippen molar-refractivity contribution in [3.8, 4) is 0 Å². The number of hydrogen-bond acceptors (Lipinski definition) is 11. The Kier molecular flexibility index (Phi) is 11.0. The zero-order valence-corrected chi connectivity index (χ0v) is 39.3. The van der Waals surface area contributed by atoms with Crippen LogP contribution in [0, 0.1) is 0 Å². The van der Waals surface area contributed by atoms with Gasteiger partial charge in [0.2, 0.25) is 11.8 Å². The number of aryl methyl sites for hydroxylation is 1. The minimum Gasteiger partial charge on any atom is -0.459 e. The lowest BCUT2D eigenvalue weighted by Crippen LogP contribution is -2.52. The van der Waals surface area contributed by atoms with Crippen molar-refractivity contribution in [2.75, 3.05) is 17.7 Å². The lowest BCUT2D eigenvalue weighted by atomic mass is 9.95. The summed E-state index contributed by atoms with van der Waals surface area (Å²) in [6.07, 6.45) is 6.92. The molecule has 6 N–H and O–H groups in total. The number of aromatic nitrogens is 6. The number of anilines is 2. The van der Waals surface area contributed by atoms with Crippen LogP contribution in [-0.4, -0.2) is 82.0 Å². The summed E-state index contributed by atoms with van der Waals surface area (Å²) in [5.41, 5.74) is 11.5. The Morgan fingerprint density at radius 3 is 2.24 bits per heavy atom. The highest BCUT2D eigenvalue weighted by Gasteiger charge is 2.41. The number of aromatic amines is 2. The van der Waals surface area contributed by atoms with Crippen molar-refractivity contribution >= 4 is 78.9 Å². The molecule has 0 aliphatic carbocycles. The molecule has 6 aromatic heterocycles. The highest BCUT2D eigenvalue weighted by Crippen LogP contribution is 2.35. The minimum absolute atomic E-state index is 0.0322. The Labute approximate surface area is 410 Å². The number of fused-ring (bicyclic) bond motifs is 8. The third-order valence-electron chi connectivity index (χ3n) is 14.1. The molecule has 0 spiro atoms. The van der Waals surface area contributed by atoms with E-state index in [0.29, 0.717) is 28.8 Å². The molecule has 0 saturated carbocycles. The largest absolute Gasteiger partial charge is 0.459 e. The van der Waals surface area contributed by atoms with Crippen LogP contribution in [0.2, 0.25) is 0 Å². The highest BCUT2D eigenvalue weighted by molar-refractivity contribution is 6.00. The first-order valence-electron chi connectivity index (χ1n) is 23.7. The number of furan rings is 2. The van der Waals surface area contributed by atoms with E-state index in [1.807, 2.05) is 92.0 Å². The number of rotatable bonds is 12. The quantitative estimate of drug-likeness (QED) is 0.0725. The summed E-state index contributed by atoms with van der Waals surface area (Å²) < 4.78 is 14.4. The molecule has 2 atom stereocenters. The number of para-hydroxylation sites is 2. The SMILES string of the molecule is CNC(=O)C1Cc2c(n(C)c3ccccc23)CN1C(=O)c1oc(CNC(=O)C2Cc3c([nH]c4ccccc34)CN2C(=O)c2occc2CNc2ccc3nc[nH]c3c2)cc1CNc1ccc2nccnc2c1. The van der Waals surface area contributed by atoms with Crippen LogP contribution < -0.4 is 21.3 Å². The van der Waals surface area contributed by atoms with E-state index in [1.165, 1.54) is 6.26 Å². The molecular formula is C54H48N12O6. The first-order valence-corrected chi connectivity index (χ1v) is 23.7. The first-order chi connectivity index (χ1) is 35.2. The summed E-state index contributed by atoms with van der Waals surface area (Å²) in [4.78, 5) is 81.0. The summed E-state index contributed by atoms with van der Waals surface area (Å²) in [6, 6.07) is 29.0. The number of H-pyrrole nitrogens is 2. The van der Waals surface area contributed by atoms with E-state index in [-0.39, 0.29) is 56.6 Å². The van der Waals surface area contributed by atoms with Gasteiger partial charge in [0.25, 0.3) is 11.8 Å². The predicted octanol–water partition coefficient (Wildman–Crippen LogP) is 7.09. The standard InChI is InChI=1S/C54H48N12O6/c1-55-51(67)46-23-38-36-8-4-6-10-45(36)64(2)48(38)28-66(46)54(70)50-31(25-59-32-11-13-40-42(20-32)57-17-16-56-40)19-34(72-50)26-60-52(68)47-22-37-35-7-3-5-9-39(35)63-44(37)27-65(47)53(69)49-30(15-18-71-49)24-58-33-12-14-41-43(21-33)62-29-61-41/h3-21,29,46-47,58-59,63H,22-28H2,1-2H3,(H,55,67)(H,60,68)(H,61,62). The molecule has 360 valence electrons. The van der Waals surface area contributed by atoms with Crippen LogP contribution in [0.4, 0.5) is 11.4 Å². The van der Waals surface area contributed by atoms with Crippen LogP contribution in [0.5, 0.6) is 0 Å². The van der Waals surface area contributed by atoms with Crippen LogP contribution in [0.15, 0.2) is 131 Å². The second-order valence-electron chi connectivity index (χ2n) is 18.2. The van der Waals surface area contributed by atoms with Gasteiger partial charge in [0.05, 0.1) is 54.3 Å². The van der Waals surface area contributed by atoms with Gasteiger partial charge in [0, 0.05) is 108 Å². The molecule has 2 aliphatic heterocycles. The lowest BCUT2D eigenvalue weighted by Gasteiger charge is -2.35. The van der Waals surface area contributed by atoms with Gasteiger partial charge in [-0.2, -0.15) is 0 Å². The molecule has 18 heteroatoms. The number of benzene rings is 4. The topological polar surface area (TPSA) is 224 Å². The number of nitrogens with zero attached hydrogens (tertiary/aromatic N) is 6. The summed E-state index contributed by atoms with van der Waals surface area (Å²) in [5, 5.41) is 14.6.